The molecule has 0 bridgehead atoms. The summed E-state index contributed by atoms with van der Waals surface area (Å²) in [5.41, 5.74) is 4.13. The van der Waals surface area contributed by atoms with Gasteiger partial charge < -0.3 is 19.5 Å². The lowest BCUT2D eigenvalue weighted by Crippen LogP contribution is -2.08. The molecule has 32 heavy (non-hydrogen) atoms. The number of ether oxygens (including phenoxy) is 3. The van der Waals surface area contributed by atoms with Crippen LogP contribution in [0.25, 0.3) is 22.3 Å². The van der Waals surface area contributed by atoms with Gasteiger partial charge in [-0.25, -0.2) is 9.97 Å². The molecule has 1 N–H and O–H groups in total. The van der Waals surface area contributed by atoms with Crippen LogP contribution in [0.4, 0.5) is 5.82 Å². The van der Waals surface area contributed by atoms with Crippen LogP contribution >= 0.6 is 0 Å². The maximum Gasteiger partial charge on any atom is 0.162 e. The number of methoxy groups -OCH3 is 3. The van der Waals surface area contributed by atoms with E-state index in [1.807, 2.05) is 42.5 Å². The van der Waals surface area contributed by atoms with E-state index in [1.165, 1.54) is 11.1 Å². The molecule has 0 amide bonds. The van der Waals surface area contributed by atoms with E-state index in [1.54, 1.807) is 21.3 Å². The third-order valence-electron chi connectivity index (χ3n) is 5.35. The second-order valence-corrected chi connectivity index (χ2v) is 7.51. The fourth-order valence-electron chi connectivity index (χ4n) is 3.58. The van der Waals surface area contributed by atoms with Crippen molar-refractivity contribution < 1.29 is 14.2 Å². The Morgan fingerprint density at radius 2 is 1.56 bits per heavy atom. The topological polar surface area (TPSA) is 65.5 Å². The van der Waals surface area contributed by atoms with Gasteiger partial charge in [-0.2, -0.15) is 0 Å². The van der Waals surface area contributed by atoms with Crippen LogP contribution in [0.2, 0.25) is 0 Å². The monoisotopic (exact) mass is 429 g/mol. The van der Waals surface area contributed by atoms with Crippen LogP contribution in [-0.4, -0.2) is 37.8 Å². The molecule has 0 aliphatic rings. The third-order valence-corrected chi connectivity index (χ3v) is 5.35. The van der Waals surface area contributed by atoms with Crippen molar-refractivity contribution >= 4 is 16.7 Å². The first-order chi connectivity index (χ1) is 15.6. The van der Waals surface area contributed by atoms with Crippen LogP contribution in [0.3, 0.4) is 0 Å². The van der Waals surface area contributed by atoms with E-state index in [-0.39, 0.29) is 0 Å². The summed E-state index contributed by atoms with van der Waals surface area (Å²) in [7, 11) is 4.93. The summed E-state index contributed by atoms with van der Waals surface area (Å²) in [6.45, 7) is 2.77. The Balaban J connectivity index is 1.71. The smallest absolute Gasteiger partial charge is 0.162 e. The lowest BCUT2D eigenvalue weighted by molar-refractivity contribution is 0.356. The largest absolute Gasteiger partial charge is 0.497 e. The normalized spacial score (nSPS) is 10.8. The number of fused-ring (bicyclic) bond motifs is 1. The zero-order valence-corrected chi connectivity index (χ0v) is 18.8. The summed E-state index contributed by atoms with van der Waals surface area (Å²) in [4.78, 5) is 9.66. The molecule has 164 valence electrons. The Kier molecular flexibility index (Phi) is 6.40. The molecule has 0 unspecified atom stereocenters. The highest BCUT2D eigenvalue weighted by Crippen LogP contribution is 2.35. The maximum absolute atomic E-state index is 5.50. The quantitative estimate of drug-likeness (QED) is 0.411. The van der Waals surface area contributed by atoms with Gasteiger partial charge in [0.2, 0.25) is 0 Å². The molecule has 3 aromatic carbocycles. The van der Waals surface area contributed by atoms with E-state index >= 15 is 0 Å². The van der Waals surface area contributed by atoms with Crippen LogP contribution in [0.1, 0.15) is 11.1 Å². The number of hydrogen-bond acceptors (Lipinski definition) is 6. The van der Waals surface area contributed by atoms with Crippen LogP contribution in [0.5, 0.6) is 17.2 Å². The maximum atomic E-state index is 5.50. The molecule has 6 heteroatoms. The van der Waals surface area contributed by atoms with E-state index in [2.05, 4.69) is 30.4 Å². The Morgan fingerprint density at radius 1 is 0.812 bits per heavy atom. The van der Waals surface area contributed by atoms with Crippen LogP contribution in [-0.2, 0) is 6.42 Å². The minimum absolute atomic E-state index is 0.635. The highest BCUT2D eigenvalue weighted by molar-refractivity contribution is 5.93. The number of aromatic nitrogens is 2. The molecule has 4 aromatic rings. The number of nitrogens with zero attached hydrogens (tertiary/aromatic N) is 2. The van der Waals surface area contributed by atoms with E-state index in [9.17, 15) is 0 Å². The van der Waals surface area contributed by atoms with Crippen molar-refractivity contribution in [1.29, 1.82) is 0 Å². The standard InChI is InChI=1S/C26H27N3O3/c1-17-8-10-19(11-9-17)25-28-22-16-24(32-4)23(31-3)15-21(22)26(29-25)27-13-12-18-6-5-7-20(14-18)30-2/h5-11,14-16H,12-13H2,1-4H3,(H,27,28,29). The van der Waals surface area contributed by atoms with E-state index in [0.29, 0.717) is 23.9 Å². The molecule has 0 radical (unpaired) electrons. The molecule has 0 atom stereocenters. The van der Waals surface area contributed by atoms with Crippen molar-refractivity contribution in [2.45, 2.75) is 13.3 Å². The van der Waals surface area contributed by atoms with Crippen molar-refractivity contribution in [2.24, 2.45) is 0 Å². The van der Waals surface area contributed by atoms with Gasteiger partial charge in [-0.05, 0) is 37.1 Å². The summed E-state index contributed by atoms with van der Waals surface area (Å²) in [5, 5.41) is 4.37. The Labute approximate surface area is 188 Å². The van der Waals surface area contributed by atoms with Crippen LogP contribution < -0.4 is 19.5 Å². The fourth-order valence-corrected chi connectivity index (χ4v) is 3.58. The number of rotatable bonds is 8. The molecular formula is C26H27N3O3. The van der Waals surface area contributed by atoms with Crippen LogP contribution in [0, 0.1) is 6.92 Å². The summed E-state index contributed by atoms with van der Waals surface area (Å²) < 4.78 is 16.3. The van der Waals surface area contributed by atoms with Gasteiger partial charge in [0.25, 0.3) is 0 Å². The van der Waals surface area contributed by atoms with Crippen molar-refractivity contribution in [3.8, 4) is 28.6 Å². The molecular weight excluding hydrogens is 402 g/mol. The molecule has 1 aromatic heterocycles. The molecule has 0 aliphatic carbocycles. The third kappa shape index (κ3) is 4.59. The van der Waals surface area contributed by atoms with E-state index in [4.69, 9.17) is 24.2 Å². The number of benzene rings is 3. The van der Waals surface area contributed by atoms with Gasteiger partial charge in [-0.3, -0.25) is 0 Å². The molecule has 0 saturated carbocycles. The molecule has 0 saturated heterocycles. The second-order valence-electron chi connectivity index (χ2n) is 7.51. The van der Waals surface area contributed by atoms with E-state index in [0.717, 1.165) is 34.5 Å². The zero-order chi connectivity index (χ0) is 22.5. The number of hydrogen-bond donors (Lipinski definition) is 1. The summed E-state index contributed by atoms with van der Waals surface area (Å²) in [6.07, 6.45) is 0.829. The van der Waals surface area contributed by atoms with Gasteiger partial charge in [-0.15, -0.1) is 0 Å². The van der Waals surface area contributed by atoms with Crippen molar-refractivity contribution in [2.75, 3.05) is 33.2 Å². The van der Waals surface area contributed by atoms with Gasteiger partial charge >= 0.3 is 0 Å². The first-order valence-electron chi connectivity index (χ1n) is 10.5. The minimum Gasteiger partial charge on any atom is -0.497 e. The average Bonchev–Trinajstić information content (AvgIpc) is 2.83. The highest BCUT2D eigenvalue weighted by atomic mass is 16.5. The SMILES string of the molecule is COc1cccc(CCNc2nc(-c3ccc(C)cc3)nc3cc(OC)c(OC)cc23)c1. The molecule has 0 fully saturated rings. The lowest BCUT2D eigenvalue weighted by Gasteiger charge is -2.14. The van der Waals surface area contributed by atoms with Crippen molar-refractivity contribution in [3.63, 3.8) is 0 Å². The number of anilines is 1. The first kappa shape index (κ1) is 21.4. The van der Waals surface area contributed by atoms with E-state index < -0.39 is 0 Å². The number of aryl methyl sites for hydroxylation is 1. The van der Waals surface area contributed by atoms with Crippen molar-refractivity contribution in [3.05, 3.63) is 71.8 Å². The summed E-state index contributed by atoms with van der Waals surface area (Å²) in [6, 6.07) is 20.1. The van der Waals surface area contributed by atoms with Gasteiger partial charge in [0, 0.05) is 23.6 Å². The summed E-state index contributed by atoms with van der Waals surface area (Å²) in [5.74, 6) is 3.55. The first-order valence-corrected chi connectivity index (χ1v) is 10.5. The molecule has 0 spiro atoms. The molecule has 1 heterocycles. The Morgan fingerprint density at radius 3 is 2.28 bits per heavy atom. The highest BCUT2D eigenvalue weighted by Gasteiger charge is 2.14. The van der Waals surface area contributed by atoms with Gasteiger partial charge in [0.05, 0.1) is 26.8 Å². The molecule has 0 aliphatic heterocycles. The number of nitrogens with one attached hydrogen (secondary N) is 1. The predicted molar refractivity (Wildman–Crippen MR) is 128 cm³/mol. The molecule has 4 rings (SSSR count). The Bertz CT molecular complexity index is 1220. The lowest BCUT2D eigenvalue weighted by atomic mass is 10.1. The summed E-state index contributed by atoms with van der Waals surface area (Å²) >= 11 is 0. The van der Waals surface area contributed by atoms with Crippen molar-refractivity contribution in [1.82, 2.24) is 9.97 Å². The average molecular weight is 430 g/mol. The van der Waals surface area contributed by atoms with Gasteiger partial charge in [0.15, 0.2) is 17.3 Å². The van der Waals surface area contributed by atoms with Gasteiger partial charge in [0.1, 0.15) is 11.6 Å². The van der Waals surface area contributed by atoms with Crippen LogP contribution in [0.15, 0.2) is 60.7 Å². The van der Waals surface area contributed by atoms with Gasteiger partial charge in [-0.1, -0.05) is 42.0 Å². The molecule has 6 nitrogen and oxygen atoms in total. The fraction of sp³-hybridized carbons (Fsp3) is 0.231. The predicted octanol–water partition coefficient (Wildman–Crippen LogP) is 5.29. The minimum atomic E-state index is 0.635. The zero-order valence-electron chi connectivity index (χ0n) is 18.8. The Hall–Kier alpha value is -3.80. The second kappa shape index (κ2) is 9.56.